The molecule has 0 spiro atoms. The van der Waals surface area contributed by atoms with Crippen LogP contribution in [0, 0.1) is 0 Å². The van der Waals surface area contributed by atoms with Crippen LogP contribution in [0.3, 0.4) is 0 Å². The van der Waals surface area contributed by atoms with E-state index in [-0.39, 0.29) is 31.1 Å². The zero-order valence-corrected chi connectivity index (χ0v) is 17.1. The second-order valence-corrected chi connectivity index (χ2v) is 7.66. The minimum atomic E-state index is -4.50. The first-order valence-corrected chi connectivity index (χ1v) is 10.3. The van der Waals surface area contributed by atoms with Gasteiger partial charge in [-0.15, -0.1) is 0 Å². The Kier molecular flexibility index (Phi) is 6.19. The number of fused-ring (bicyclic) bond motifs is 3. The van der Waals surface area contributed by atoms with Crippen molar-refractivity contribution in [2.24, 2.45) is 0 Å². The van der Waals surface area contributed by atoms with Crippen molar-refractivity contribution in [2.45, 2.75) is 24.6 Å². The van der Waals surface area contributed by atoms with E-state index in [2.05, 4.69) is 5.32 Å². The van der Waals surface area contributed by atoms with E-state index in [1.807, 2.05) is 48.5 Å². The standard InChI is InChI=1S/C25H22F3NO3/c26-25(27,28)17-7-5-6-16(14-17)23(12-13-30)29-24(31)32-15-22-20-10-3-1-8-18(20)19-9-2-4-11-21(19)22/h1-11,14,22-23,30H,12-13,15H2,(H,29,31). The molecular formula is C25H22F3NO3. The number of nitrogens with one attached hydrogen (secondary N) is 1. The van der Waals surface area contributed by atoms with Crippen molar-refractivity contribution in [3.05, 3.63) is 95.1 Å². The van der Waals surface area contributed by atoms with E-state index < -0.39 is 23.9 Å². The molecule has 0 bridgehead atoms. The molecule has 4 nitrogen and oxygen atoms in total. The van der Waals surface area contributed by atoms with Crippen molar-refractivity contribution < 1.29 is 27.8 Å². The van der Waals surface area contributed by atoms with Crippen LogP contribution in [0.2, 0.25) is 0 Å². The molecule has 1 aliphatic rings. The highest BCUT2D eigenvalue weighted by Gasteiger charge is 2.32. The van der Waals surface area contributed by atoms with Crippen molar-refractivity contribution in [1.29, 1.82) is 0 Å². The van der Waals surface area contributed by atoms with Crippen LogP contribution in [0.4, 0.5) is 18.0 Å². The van der Waals surface area contributed by atoms with Gasteiger partial charge in [-0.25, -0.2) is 4.79 Å². The molecule has 3 aromatic rings. The summed E-state index contributed by atoms with van der Waals surface area (Å²) in [6.07, 6.45) is -5.18. The Hall–Kier alpha value is -3.32. The highest BCUT2D eigenvalue weighted by Crippen LogP contribution is 2.44. The number of hydrogen-bond donors (Lipinski definition) is 2. The summed E-state index contributed by atoms with van der Waals surface area (Å²) in [5.41, 5.74) is 3.76. The van der Waals surface area contributed by atoms with Crippen LogP contribution in [0.25, 0.3) is 11.1 Å². The van der Waals surface area contributed by atoms with Crippen molar-refractivity contribution in [2.75, 3.05) is 13.2 Å². The fourth-order valence-corrected chi connectivity index (χ4v) is 4.17. The Bertz CT molecular complexity index is 1070. The maximum absolute atomic E-state index is 13.1. The molecule has 1 atom stereocenters. The van der Waals surface area contributed by atoms with E-state index in [1.165, 1.54) is 12.1 Å². The fraction of sp³-hybridized carbons (Fsp3) is 0.240. The highest BCUT2D eigenvalue weighted by atomic mass is 19.4. The smallest absolute Gasteiger partial charge is 0.416 e. The van der Waals surface area contributed by atoms with Gasteiger partial charge in [0.1, 0.15) is 6.61 Å². The molecule has 1 amide bonds. The summed E-state index contributed by atoms with van der Waals surface area (Å²) in [5, 5.41) is 11.9. The summed E-state index contributed by atoms with van der Waals surface area (Å²) >= 11 is 0. The van der Waals surface area contributed by atoms with Gasteiger partial charge in [-0.1, -0.05) is 60.7 Å². The Labute approximate surface area is 183 Å². The van der Waals surface area contributed by atoms with Crippen LogP contribution >= 0.6 is 0 Å². The molecule has 2 N–H and O–H groups in total. The van der Waals surface area contributed by atoms with E-state index >= 15 is 0 Å². The Morgan fingerprint density at radius 2 is 1.59 bits per heavy atom. The van der Waals surface area contributed by atoms with Crippen LogP contribution < -0.4 is 5.32 Å². The van der Waals surface area contributed by atoms with Gasteiger partial charge in [-0.2, -0.15) is 13.2 Å². The van der Waals surface area contributed by atoms with Crippen LogP contribution in [-0.2, 0) is 10.9 Å². The van der Waals surface area contributed by atoms with Crippen LogP contribution in [0.15, 0.2) is 72.8 Å². The second-order valence-electron chi connectivity index (χ2n) is 7.66. The molecule has 32 heavy (non-hydrogen) atoms. The van der Waals surface area contributed by atoms with E-state index in [9.17, 15) is 23.1 Å². The van der Waals surface area contributed by atoms with Crippen molar-refractivity contribution in [3.8, 4) is 11.1 Å². The lowest BCUT2D eigenvalue weighted by atomic mass is 9.98. The average molecular weight is 441 g/mol. The monoisotopic (exact) mass is 441 g/mol. The minimum absolute atomic E-state index is 0.0610. The number of aliphatic hydroxyl groups is 1. The van der Waals surface area contributed by atoms with E-state index in [1.54, 1.807) is 0 Å². The number of amides is 1. The molecule has 0 aromatic heterocycles. The number of ether oxygens (including phenoxy) is 1. The summed E-state index contributed by atoms with van der Waals surface area (Å²) in [7, 11) is 0. The normalized spacial score (nSPS) is 13.9. The molecule has 4 rings (SSSR count). The average Bonchev–Trinajstić information content (AvgIpc) is 3.11. The van der Waals surface area contributed by atoms with Gasteiger partial charge in [0.15, 0.2) is 0 Å². The summed E-state index contributed by atoms with van der Waals surface area (Å²) in [6.45, 7) is -0.209. The van der Waals surface area contributed by atoms with Crippen molar-refractivity contribution in [3.63, 3.8) is 0 Å². The van der Waals surface area contributed by atoms with Gasteiger partial charge in [0.2, 0.25) is 0 Å². The second kappa shape index (κ2) is 9.04. The number of carbonyl (C=O) groups is 1. The zero-order chi connectivity index (χ0) is 22.7. The number of benzene rings is 3. The number of alkyl carbamates (subject to hydrolysis) is 1. The van der Waals surface area contributed by atoms with Gasteiger partial charge in [-0.3, -0.25) is 0 Å². The van der Waals surface area contributed by atoms with Crippen molar-refractivity contribution >= 4 is 6.09 Å². The van der Waals surface area contributed by atoms with Crippen LogP contribution in [-0.4, -0.2) is 24.4 Å². The van der Waals surface area contributed by atoms with Crippen molar-refractivity contribution in [1.82, 2.24) is 5.32 Å². The lowest BCUT2D eigenvalue weighted by Gasteiger charge is -2.20. The summed E-state index contributed by atoms with van der Waals surface area (Å²) in [4.78, 5) is 12.5. The predicted molar refractivity (Wildman–Crippen MR) is 114 cm³/mol. The molecule has 1 unspecified atom stereocenters. The summed E-state index contributed by atoms with van der Waals surface area (Å²) in [6, 6.07) is 19.7. The molecule has 7 heteroatoms. The Morgan fingerprint density at radius 1 is 0.969 bits per heavy atom. The zero-order valence-electron chi connectivity index (χ0n) is 17.1. The lowest BCUT2D eigenvalue weighted by Crippen LogP contribution is -2.31. The number of carbonyl (C=O) groups excluding carboxylic acids is 1. The SMILES string of the molecule is O=C(NC(CCO)c1cccc(C(F)(F)F)c1)OCC1c2ccccc2-c2ccccc21. The highest BCUT2D eigenvalue weighted by molar-refractivity contribution is 5.79. The number of aliphatic hydroxyl groups excluding tert-OH is 1. The van der Waals surface area contributed by atoms with Gasteiger partial charge < -0.3 is 15.2 Å². The molecule has 0 saturated carbocycles. The maximum atomic E-state index is 13.1. The molecule has 0 saturated heterocycles. The quantitative estimate of drug-likeness (QED) is 0.518. The van der Waals surface area contributed by atoms with Gasteiger partial charge >= 0.3 is 12.3 Å². The first kappa shape index (κ1) is 21.9. The molecule has 3 aromatic carbocycles. The fourth-order valence-electron chi connectivity index (χ4n) is 4.17. The molecular weight excluding hydrogens is 419 g/mol. The summed E-state index contributed by atoms with van der Waals surface area (Å²) in [5.74, 6) is -0.127. The van der Waals surface area contributed by atoms with E-state index in [0.717, 1.165) is 34.4 Å². The summed E-state index contributed by atoms with van der Waals surface area (Å²) < 4.78 is 44.6. The maximum Gasteiger partial charge on any atom is 0.416 e. The molecule has 0 aliphatic heterocycles. The predicted octanol–water partition coefficient (Wildman–Crippen LogP) is 5.67. The molecule has 0 fully saturated rings. The Balaban J connectivity index is 1.47. The third-order valence-corrected chi connectivity index (χ3v) is 5.67. The molecule has 0 heterocycles. The number of halogens is 3. The topological polar surface area (TPSA) is 58.6 Å². The minimum Gasteiger partial charge on any atom is -0.449 e. The molecule has 1 aliphatic carbocycles. The Morgan fingerprint density at radius 3 is 2.19 bits per heavy atom. The van der Waals surface area contributed by atoms with Gasteiger partial charge in [0.25, 0.3) is 0 Å². The lowest BCUT2D eigenvalue weighted by molar-refractivity contribution is -0.137. The molecule has 0 radical (unpaired) electrons. The molecule has 166 valence electrons. The van der Waals surface area contributed by atoms with Gasteiger partial charge in [-0.05, 0) is 46.4 Å². The first-order chi connectivity index (χ1) is 15.4. The number of rotatable bonds is 6. The first-order valence-electron chi connectivity index (χ1n) is 10.3. The third-order valence-electron chi connectivity index (χ3n) is 5.67. The van der Waals surface area contributed by atoms with Crippen LogP contribution in [0.5, 0.6) is 0 Å². The number of hydrogen-bond acceptors (Lipinski definition) is 3. The largest absolute Gasteiger partial charge is 0.449 e. The van der Waals surface area contributed by atoms with E-state index in [4.69, 9.17) is 4.74 Å². The van der Waals surface area contributed by atoms with E-state index in [0.29, 0.717) is 0 Å². The van der Waals surface area contributed by atoms with Gasteiger partial charge in [0, 0.05) is 12.5 Å². The van der Waals surface area contributed by atoms with Gasteiger partial charge in [0.05, 0.1) is 11.6 Å². The number of alkyl halides is 3. The van der Waals surface area contributed by atoms with Crippen LogP contribution in [0.1, 0.15) is 40.6 Å². The third kappa shape index (κ3) is 4.48.